The first-order valence-corrected chi connectivity index (χ1v) is 9.25. The lowest BCUT2D eigenvalue weighted by Crippen LogP contribution is -2.35. The van der Waals surface area contributed by atoms with Gasteiger partial charge < -0.3 is 9.32 Å². The third kappa shape index (κ3) is 3.35. The van der Waals surface area contributed by atoms with Crippen molar-refractivity contribution in [3.05, 3.63) is 60.6 Å². The van der Waals surface area contributed by atoms with Crippen LogP contribution in [0, 0.1) is 0 Å². The van der Waals surface area contributed by atoms with Crippen LogP contribution in [0.4, 0.5) is 11.4 Å². The zero-order chi connectivity index (χ0) is 17.2. The smallest absolute Gasteiger partial charge is 0.293 e. The van der Waals surface area contributed by atoms with Crippen LogP contribution in [0.1, 0.15) is 22.5 Å². The summed E-state index contributed by atoms with van der Waals surface area (Å²) in [5.74, 6) is -0.133. The summed E-state index contributed by atoms with van der Waals surface area (Å²) in [4.78, 5) is 14.2. The SMILES string of the molecule is C=CCS(=O)(=O)Nc1ccc2c(c1)N(C(=O)c1ccco1)CCC2. The van der Waals surface area contributed by atoms with Gasteiger partial charge in [0.1, 0.15) is 0 Å². The monoisotopic (exact) mass is 346 g/mol. The van der Waals surface area contributed by atoms with Gasteiger partial charge in [0.05, 0.1) is 17.7 Å². The zero-order valence-corrected chi connectivity index (χ0v) is 13.9. The fraction of sp³-hybridized carbons (Fsp3) is 0.235. The Bertz CT molecular complexity index is 857. The van der Waals surface area contributed by atoms with Crippen LogP contribution in [0.5, 0.6) is 0 Å². The third-order valence-corrected chi connectivity index (χ3v) is 5.01. The Morgan fingerprint density at radius 1 is 1.38 bits per heavy atom. The Kier molecular flexibility index (Phi) is 4.44. The number of benzene rings is 1. The summed E-state index contributed by atoms with van der Waals surface area (Å²) in [6.07, 6.45) is 4.48. The Balaban J connectivity index is 1.93. The molecule has 126 valence electrons. The maximum Gasteiger partial charge on any atom is 0.293 e. The number of sulfonamides is 1. The summed E-state index contributed by atoms with van der Waals surface area (Å²) < 4.78 is 31.5. The average molecular weight is 346 g/mol. The van der Waals surface area contributed by atoms with Crippen molar-refractivity contribution in [3.63, 3.8) is 0 Å². The molecule has 0 fully saturated rings. The summed E-state index contributed by atoms with van der Waals surface area (Å²) in [6.45, 7) is 4.00. The van der Waals surface area contributed by atoms with Gasteiger partial charge in [0.2, 0.25) is 10.0 Å². The summed E-state index contributed by atoms with van der Waals surface area (Å²) in [6, 6.07) is 8.53. The lowest BCUT2D eigenvalue weighted by Gasteiger charge is -2.29. The Hall–Kier alpha value is -2.54. The van der Waals surface area contributed by atoms with Crippen molar-refractivity contribution in [1.29, 1.82) is 0 Å². The van der Waals surface area contributed by atoms with E-state index < -0.39 is 10.0 Å². The van der Waals surface area contributed by atoms with Crippen LogP contribution < -0.4 is 9.62 Å². The van der Waals surface area contributed by atoms with E-state index in [0.717, 1.165) is 18.4 Å². The molecule has 24 heavy (non-hydrogen) atoms. The molecular weight excluding hydrogens is 328 g/mol. The minimum absolute atomic E-state index is 0.168. The predicted octanol–water partition coefficient (Wildman–Crippen LogP) is 2.80. The first-order chi connectivity index (χ1) is 11.5. The van der Waals surface area contributed by atoms with Gasteiger partial charge in [-0.25, -0.2) is 8.42 Å². The molecule has 1 aromatic carbocycles. The molecule has 0 saturated carbocycles. The molecule has 3 rings (SSSR count). The topological polar surface area (TPSA) is 79.6 Å². The number of nitrogens with one attached hydrogen (secondary N) is 1. The van der Waals surface area contributed by atoms with Gasteiger partial charge in [0, 0.05) is 12.2 Å². The minimum atomic E-state index is -3.48. The second kappa shape index (κ2) is 6.52. The number of hydrogen-bond donors (Lipinski definition) is 1. The highest BCUT2D eigenvalue weighted by Gasteiger charge is 2.25. The van der Waals surface area contributed by atoms with Crippen molar-refractivity contribution in [2.24, 2.45) is 0 Å². The molecule has 1 aliphatic heterocycles. The number of carbonyl (C=O) groups is 1. The molecule has 0 unspecified atom stereocenters. The molecule has 0 saturated heterocycles. The van der Waals surface area contributed by atoms with Gasteiger partial charge in [-0.1, -0.05) is 12.1 Å². The van der Waals surface area contributed by atoms with Crippen molar-refractivity contribution in [2.75, 3.05) is 21.9 Å². The highest BCUT2D eigenvalue weighted by molar-refractivity contribution is 7.92. The minimum Gasteiger partial charge on any atom is -0.459 e. The van der Waals surface area contributed by atoms with Gasteiger partial charge in [-0.05, 0) is 42.7 Å². The molecule has 0 radical (unpaired) electrons. The van der Waals surface area contributed by atoms with Crippen LogP contribution in [-0.2, 0) is 16.4 Å². The first kappa shape index (κ1) is 16.3. The Labute approximate surface area is 140 Å². The van der Waals surface area contributed by atoms with Gasteiger partial charge in [0.25, 0.3) is 5.91 Å². The second-order valence-corrected chi connectivity index (χ2v) is 7.32. The Morgan fingerprint density at radius 2 is 2.21 bits per heavy atom. The fourth-order valence-electron chi connectivity index (χ4n) is 2.76. The summed E-state index contributed by atoms with van der Waals surface area (Å²) in [5, 5.41) is 0. The number of nitrogens with zero attached hydrogens (tertiary/aromatic N) is 1. The maximum atomic E-state index is 12.6. The van der Waals surface area contributed by atoms with Gasteiger partial charge >= 0.3 is 0 Å². The highest BCUT2D eigenvalue weighted by atomic mass is 32.2. The van der Waals surface area contributed by atoms with E-state index in [1.54, 1.807) is 29.2 Å². The van der Waals surface area contributed by atoms with Crippen LogP contribution in [0.15, 0.2) is 53.7 Å². The van der Waals surface area contributed by atoms with E-state index in [-0.39, 0.29) is 17.4 Å². The highest BCUT2D eigenvalue weighted by Crippen LogP contribution is 2.31. The maximum absolute atomic E-state index is 12.6. The second-order valence-electron chi connectivity index (χ2n) is 5.55. The van der Waals surface area contributed by atoms with E-state index in [4.69, 9.17) is 4.42 Å². The first-order valence-electron chi connectivity index (χ1n) is 7.60. The molecule has 1 N–H and O–H groups in total. The van der Waals surface area contributed by atoms with E-state index in [1.807, 2.05) is 6.07 Å². The van der Waals surface area contributed by atoms with E-state index in [9.17, 15) is 13.2 Å². The number of carbonyl (C=O) groups excluding carboxylic acids is 1. The summed E-state index contributed by atoms with van der Waals surface area (Å²) in [7, 11) is -3.48. The molecule has 6 nitrogen and oxygen atoms in total. The lowest BCUT2D eigenvalue weighted by molar-refractivity contribution is 0.0958. The quantitative estimate of drug-likeness (QED) is 0.844. The van der Waals surface area contributed by atoms with Crippen molar-refractivity contribution < 1.29 is 17.6 Å². The van der Waals surface area contributed by atoms with Gasteiger partial charge in [-0.2, -0.15) is 0 Å². The molecular formula is C17H18N2O4S. The fourth-order valence-corrected chi connectivity index (χ4v) is 3.64. The standard InChI is InChI=1S/C17H18N2O4S/c1-2-11-24(21,22)18-14-8-7-13-5-3-9-19(15(13)12-14)17(20)16-6-4-10-23-16/h2,4,6-8,10,12,18H,1,3,5,9,11H2. The molecule has 0 spiro atoms. The molecule has 0 atom stereocenters. The normalized spacial score (nSPS) is 14.1. The molecule has 7 heteroatoms. The molecule has 1 aromatic heterocycles. The molecule has 2 heterocycles. The largest absolute Gasteiger partial charge is 0.459 e. The van der Waals surface area contributed by atoms with Crippen LogP contribution in [-0.4, -0.2) is 26.6 Å². The zero-order valence-electron chi connectivity index (χ0n) is 13.1. The number of anilines is 2. The number of furan rings is 1. The predicted molar refractivity (Wildman–Crippen MR) is 92.8 cm³/mol. The van der Waals surface area contributed by atoms with Crippen LogP contribution in [0.3, 0.4) is 0 Å². The van der Waals surface area contributed by atoms with Crippen LogP contribution in [0.25, 0.3) is 0 Å². The average Bonchev–Trinajstić information content (AvgIpc) is 3.07. The summed E-state index contributed by atoms with van der Waals surface area (Å²) >= 11 is 0. The molecule has 1 aliphatic rings. The molecule has 1 amide bonds. The van der Waals surface area contributed by atoms with Crippen molar-refractivity contribution in [3.8, 4) is 0 Å². The molecule has 2 aromatic rings. The van der Waals surface area contributed by atoms with Crippen molar-refractivity contribution >= 4 is 27.3 Å². The van der Waals surface area contributed by atoms with E-state index in [0.29, 0.717) is 17.9 Å². The number of aryl methyl sites for hydroxylation is 1. The van der Waals surface area contributed by atoms with Gasteiger partial charge in [0.15, 0.2) is 5.76 Å². The summed E-state index contributed by atoms with van der Waals surface area (Å²) in [5.41, 5.74) is 2.14. The number of fused-ring (bicyclic) bond motifs is 1. The van der Waals surface area contributed by atoms with Crippen LogP contribution >= 0.6 is 0 Å². The lowest BCUT2D eigenvalue weighted by atomic mass is 10.0. The van der Waals surface area contributed by atoms with E-state index >= 15 is 0 Å². The van der Waals surface area contributed by atoms with E-state index in [2.05, 4.69) is 11.3 Å². The number of hydrogen-bond acceptors (Lipinski definition) is 4. The van der Waals surface area contributed by atoms with Crippen LogP contribution in [0.2, 0.25) is 0 Å². The van der Waals surface area contributed by atoms with Crippen molar-refractivity contribution in [1.82, 2.24) is 0 Å². The van der Waals surface area contributed by atoms with Crippen molar-refractivity contribution in [2.45, 2.75) is 12.8 Å². The number of amides is 1. The Morgan fingerprint density at radius 3 is 2.92 bits per heavy atom. The molecule has 0 bridgehead atoms. The van der Waals surface area contributed by atoms with Gasteiger partial charge in [-0.3, -0.25) is 9.52 Å². The van der Waals surface area contributed by atoms with E-state index in [1.165, 1.54) is 12.3 Å². The molecule has 0 aliphatic carbocycles. The third-order valence-electron chi connectivity index (χ3n) is 3.79. The number of rotatable bonds is 5. The van der Waals surface area contributed by atoms with Gasteiger partial charge in [-0.15, -0.1) is 6.58 Å².